The summed E-state index contributed by atoms with van der Waals surface area (Å²) in [6, 6.07) is 11.3. The van der Waals surface area contributed by atoms with E-state index in [0.29, 0.717) is 48.7 Å². The van der Waals surface area contributed by atoms with E-state index in [1.807, 2.05) is 18.2 Å². The quantitative estimate of drug-likeness (QED) is 0.511. The number of pyridine rings is 2. The summed E-state index contributed by atoms with van der Waals surface area (Å²) in [6.07, 6.45) is 1.19. The van der Waals surface area contributed by atoms with Gasteiger partial charge in [-0.05, 0) is 35.9 Å². The molecule has 0 radical (unpaired) electrons. The minimum atomic E-state index is -0.384. The molecule has 1 aromatic carbocycles. The van der Waals surface area contributed by atoms with Gasteiger partial charge in [0.15, 0.2) is 6.61 Å². The molecule has 0 unspecified atom stereocenters. The van der Waals surface area contributed by atoms with Crippen LogP contribution < -0.4 is 25.0 Å². The average molecular weight is 491 g/mol. The maximum atomic E-state index is 12.5. The standard InChI is InChI=1S/C25H26N6O5/c1-34-23-5-3-19-24(29-23)15(6-7-26-19)9-27-16-10-30(11-16)12-18-13-31(25(33)36-18)17-2-4-21-20(8-17)28-22(32)14-35-21/h2-8,16,18,27H,9-14H2,1H3,(H,28,32)/t18-/m1/s1. The minimum absolute atomic E-state index is 0.00333. The first kappa shape index (κ1) is 22.5. The number of aromatic nitrogens is 2. The fourth-order valence-corrected chi connectivity index (χ4v) is 4.77. The number of cyclic esters (lactones) is 1. The molecule has 3 aliphatic rings. The molecule has 11 heteroatoms. The lowest BCUT2D eigenvalue weighted by Gasteiger charge is -2.40. The molecule has 0 bridgehead atoms. The van der Waals surface area contributed by atoms with Crippen LogP contribution in [0, 0.1) is 0 Å². The van der Waals surface area contributed by atoms with Crippen LogP contribution >= 0.6 is 0 Å². The van der Waals surface area contributed by atoms with E-state index < -0.39 is 0 Å². The minimum Gasteiger partial charge on any atom is -0.482 e. The predicted octanol–water partition coefficient (Wildman–Crippen LogP) is 1.77. The van der Waals surface area contributed by atoms with Crippen molar-refractivity contribution in [3.63, 3.8) is 0 Å². The summed E-state index contributed by atoms with van der Waals surface area (Å²) in [6.45, 7) is 3.55. The van der Waals surface area contributed by atoms with Crippen molar-refractivity contribution in [3.05, 3.63) is 48.2 Å². The molecule has 36 heavy (non-hydrogen) atoms. The molecule has 0 saturated carbocycles. The van der Waals surface area contributed by atoms with Crippen molar-refractivity contribution in [3.8, 4) is 11.6 Å². The van der Waals surface area contributed by atoms with E-state index in [4.69, 9.17) is 14.2 Å². The second-order valence-corrected chi connectivity index (χ2v) is 9.12. The molecule has 6 rings (SSSR count). The molecule has 2 amide bonds. The molecule has 2 N–H and O–H groups in total. The molecule has 186 valence electrons. The zero-order valence-corrected chi connectivity index (χ0v) is 19.8. The number of likely N-dealkylation sites (tertiary alicyclic amines) is 1. The van der Waals surface area contributed by atoms with E-state index in [1.54, 1.807) is 36.4 Å². The van der Waals surface area contributed by atoms with Gasteiger partial charge in [-0.25, -0.2) is 9.78 Å². The highest BCUT2D eigenvalue weighted by Crippen LogP contribution is 2.33. The van der Waals surface area contributed by atoms with Crippen LogP contribution in [0.2, 0.25) is 0 Å². The number of amides is 2. The topological polar surface area (TPSA) is 118 Å². The van der Waals surface area contributed by atoms with Gasteiger partial charge in [0.25, 0.3) is 5.91 Å². The van der Waals surface area contributed by atoms with Crippen molar-refractivity contribution in [1.29, 1.82) is 0 Å². The highest BCUT2D eigenvalue weighted by Gasteiger charge is 2.37. The van der Waals surface area contributed by atoms with Gasteiger partial charge < -0.3 is 24.8 Å². The number of methoxy groups -OCH3 is 1. The first-order valence-electron chi connectivity index (χ1n) is 11.8. The van der Waals surface area contributed by atoms with Crippen LogP contribution in [0.3, 0.4) is 0 Å². The average Bonchev–Trinajstić information content (AvgIpc) is 3.24. The third kappa shape index (κ3) is 4.38. The van der Waals surface area contributed by atoms with E-state index in [1.165, 1.54) is 0 Å². The third-order valence-corrected chi connectivity index (χ3v) is 6.63. The molecule has 11 nitrogen and oxygen atoms in total. The molecular formula is C25H26N6O5. The largest absolute Gasteiger partial charge is 0.482 e. The van der Waals surface area contributed by atoms with Gasteiger partial charge in [-0.1, -0.05) is 0 Å². The van der Waals surface area contributed by atoms with Gasteiger partial charge in [0, 0.05) is 50.2 Å². The van der Waals surface area contributed by atoms with Crippen LogP contribution in [0.25, 0.3) is 11.0 Å². The van der Waals surface area contributed by atoms with Crippen molar-refractivity contribution < 1.29 is 23.8 Å². The highest BCUT2D eigenvalue weighted by molar-refractivity contribution is 5.97. The van der Waals surface area contributed by atoms with Gasteiger partial charge in [0.2, 0.25) is 5.88 Å². The number of carbonyl (C=O) groups is 2. The summed E-state index contributed by atoms with van der Waals surface area (Å²) in [4.78, 5) is 36.9. The monoisotopic (exact) mass is 490 g/mol. The first-order valence-corrected chi connectivity index (χ1v) is 11.8. The summed E-state index contributed by atoms with van der Waals surface area (Å²) in [7, 11) is 1.60. The van der Waals surface area contributed by atoms with Crippen molar-refractivity contribution >= 4 is 34.4 Å². The molecule has 0 spiro atoms. The zero-order valence-electron chi connectivity index (χ0n) is 19.8. The van der Waals surface area contributed by atoms with Gasteiger partial charge >= 0.3 is 6.09 Å². The lowest BCUT2D eigenvalue weighted by molar-refractivity contribution is -0.118. The predicted molar refractivity (Wildman–Crippen MR) is 131 cm³/mol. The number of hydrogen-bond acceptors (Lipinski definition) is 9. The van der Waals surface area contributed by atoms with Gasteiger partial charge in [0.1, 0.15) is 11.9 Å². The Morgan fingerprint density at radius 1 is 1.17 bits per heavy atom. The summed E-state index contributed by atoms with van der Waals surface area (Å²) in [5, 5.41) is 6.35. The number of anilines is 2. The fraction of sp³-hybridized carbons (Fsp3) is 0.360. The van der Waals surface area contributed by atoms with Gasteiger partial charge in [0.05, 0.1) is 30.4 Å². The van der Waals surface area contributed by atoms with E-state index in [9.17, 15) is 9.59 Å². The third-order valence-electron chi connectivity index (χ3n) is 6.63. The normalized spacial score (nSPS) is 19.9. The van der Waals surface area contributed by atoms with Gasteiger partial charge in [-0.2, -0.15) is 0 Å². The van der Waals surface area contributed by atoms with E-state index >= 15 is 0 Å². The summed E-state index contributed by atoms with van der Waals surface area (Å²) in [5.41, 5.74) is 3.99. The lowest BCUT2D eigenvalue weighted by atomic mass is 10.1. The molecule has 2 aromatic heterocycles. The van der Waals surface area contributed by atoms with Crippen molar-refractivity contribution in [1.82, 2.24) is 20.2 Å². The second-order valence-electron chi connectivity index (χ2n) is 9.12. The van der Waals surface area contributed by atoms with Crippen molar-refractivity contribution in [2.24, 2.45) is 0 Å². The van der Waals surface area contributed by atoms with Crippen molar-refractivity contribution in [2.75, 3.05) is 50.1 Å². The number of benzene rings is 1. The molecule has 1 atom stereocenters. The number of nitrogens with zero attached hydrogens (tertiary/aromatic N) is 4. The fourth-order valence-electron chi connectivity index (χ4n) is 4.77. The smallest absolute Gasteiger partial charge is 0.414 e. The number of nitrogens with one attached hydrogen (secondary N) is 2. The second kappa shape index (κ2) is 9.25. The summed E-state index contributed by atoms with van der Waals surface area (Å²) in [5.74, 6) is 0.951. The maximum Gasteiger partial charge on any atom is 0.414 e. The number of ether oxygens (including phenoxy) is 3. The van der Waals surface area contributed by atoms with E-state index in [2.05, 4.69) is 25.5 Å². The Hall–Kier alpha value is -3.96. The number of carbonyl (C=O) groups excluding carboxylic acids is 2. The first-order chi connectivity index (χ1) is 17.6. The van der Waals surface area contributed by atoms with E-state index in [-0.39, 0.29) is 24.7 Å². The van der Waals surface area contributed by atoms with Crippen LogP contribution in [0.5, 0.6) is 11.6 Å². The van der Waals surface area contributed by atoms with Crippen LogP contribution in [-0.2, 0) is 16.1 Å². The highest BCUT2D eigenvalue weighted by atomic mass is 16.6. The molecule has 3 aliphatic heterocycles. The van der Waals surface area contributed by atoms with E-state index in [0.717, 1.165) is 29.7 Å². The number of fused-ring (bicyclic) bond motifs is 2. The number of rotatable bonds is 7. The molecule has 2 saturated heterocycles. The van der Waals surface area contributed by atoms with Crippen LogP contribution in [0.15, 0.2) is 42.6 Å². The van der Waals surface area contributed by atoms with Crippen LogP contribution in [-0.4, -0.2) is 78.9 Å². The number of hydrogen-bond donors (Lipinski definition) is 2. The summed E-state index contributed by atoms with van der Waals surface area (Å²) >= 11 is 0. The molecule has 0 aliphatic carbocycles. The summed E-state index contributed by atoms with van der Waals surface area (Å²) < 4.78 is 16.3. The Balaban J connectivity index is 1.01. The zero-order chi connectivity index (χ0) is 24.6. The molecular weight excluding hydrogens is 464 g/mol. The Labute approximate surface area is 207 Å². The Morgan fingerprint density at radius 3 is 2.92 bits per heavy atom. The lowest BCUT2D eigenvalue weighted by Crippen LogP contribution is -2.59. The molecule has 3 aromatic rings. The molecule has 5 heterocycles. The van der Waals surface area contributed by atoms with Crippen molar-refractivity contribution in [2.45, 2.75) is 18.7 Å². The maximum absolute atomic E-state index is 12.5. The Morgan fingerprint density at radius 2 is 2.06 bits per heavy atom. The van der Waals surface area contributed by atoms with Gasteiger partial charge in [-0.15, -0.1) is 0 Å². The molecule has 2 fully saturated rings. The van der Waals surface area contributed by atoms with Crippen LogP contribution in [0.4, 0.5) is 16.2 Å². The van der Waals surface area contributed by atoms with Crippen LogP contribution in [0.1, 0.15) is 5.56 Å². The SMILES string of the molecule is COc1ccc2nccc(CNC3CN(C[C@@H]4CN(c5ccc6c(c5)NC(=O)CO6)C(=O)O4)C3)c2n1. The van der Waals surface area contributed by atoms with Gasteiger partial charge in [-0.3, -0.25) is 19.6 Å². The Kier molecular flexibility index (Phi) is 5.78. The Bertz CT molecular complexity index is 1330.